The van der Waals surface area contributed by atoms with E-state index in [0.29, 0.717) is 4.90 Å². The van der Waals surface area contributed by atoms with E-state index in [-0.39, 0.29) is 27.1 Å². The molecule has 0 spiro atoms. The second-order valence-corrected chi connectivity index (χ2v) is 7.70. The minimum absolute atomic E-state index is 0.168. The first-order chi connectivity index (χ1) is 17.8. The maximum absolute atomic E-state index is 13.4. The van der Waals surface area contributed by atoms with Gasteiger partial charge in [0.05, 0.1) is 22.8 Å². The van der Waals surface area contributed by atoms with Gasteiger partial charge in [0.15, 0.2) is 6.04 Å². The Balaban J connectivity index is 1.98. The summed E-state index contributed by atoms with van der Waals surface area (Å²) < 4.78 is 45.1. The fourth-order valence-electron chi connectivity index (χ4n) is 3.54. The number of fused-ring (bicyclic) bond motifs is 1. The summed E-state index contributed by atoms with van der Waals surface area (Å²) in [5.74, 6) is -2.68. The molecule has 2 aromatic rings. The lowest BCUT2D eigenvalue weighted by Crippen LogP contribution is -2.56. The van der Waals surface area contributed by atoms with Gasteiger partial charge in [-0.1, -0.05) is 19.1 Å². The van der Waals surface area contributed by atoms with Gasteiger partial charge in [0.25, 0.3) is 17.5 Å². The molecule has 1 atom stereocenters. The molecule has 2 aromatic carbocycles. The van der Waals surface area contributed by atoms with Crippen molar-refractivity contribution in [3.63, 3.8) is 0 Å². The van der Waals surface area contributed by atoms with Crippen molar-refractivity contribution in [2.45, 2.75) is 25.6 Å². The Morgan fingerprint density at radius 2 is 1.74 bits per heavy atom. The fraction of sp³-hybridized carbons (Fsp3) is 0.273. The van der Waals surface area contributed by atoms with Crippen molar-refractivity contribution in [3.05, 3.63) is 58.6 Å². The van der Waals surface area contributed by atoms with Crippen LogP contribution in [0.3, 0.4) is 0 Å². The minimum Gasteiger partial charge on any atom is -0.465 e. The average Bonchev–Trinajstić information content (AvgIpc) is 2.96. The number of alkyl halides is 3. The summed E-state index contributed by atoms with van der Waals surface area (Å²) in [5, 5.41) is 20.7. The zero-order chi connectivity index (χ0) is 28.2. The van der Waals surface area contributed by atoms with Crippen molar-refractivity contribution in [2.75, 3.05) is 22.9 Å². The molecule has 0 aromatic heterocycles. The van der Waals surface area contributed by atoms with Crippen LogP contribution >= 0.6 is 0 Å². The third-order valence-electron chi connectivity index (χ3n) is 5.19. The first kappa shape index (κ1) is 27.7. The van der Waals surface area contributed by atoms with Crippen LogP contribution in [0.2, 0.25) is 0 Å². The Morgan fingerprint density at radius 3 is 2.26 bits per heavy atom. The molecule has 0 saturated carbocycles. The van der Waals surface area contributed by atoms with Crippen molar-refractivity contribution in [1.29, 1.82) is 0 Å². The van der Waals surface area contributed by atoms with Crippen LogP contribution in [0.15, 0.2) is 48.5 Å². The van der Waals surface area contributed by atoms with Crippen LogP contribution < -0.4 is 14.5 Å². The minimum atomic E-state index is -4.92. The normalized spacial score (nSPS) is 15.3. The fourth-order valence-corrected chi connectivity index (χ4v) is 3.54. The van der Waals surface area contributed by atoms with Gasteiger partial charge >= 0.3 is 18.4 Å². The Bertz CT molecular complexity index is 1250. The third kappa shape index (κ3) is 6.26. The van der Waals surface area contributed by atoms with E-state index in [1.165, 1.54) is 25.1 Å². The molecule has 1 heterocycles. The summed E-state index contributed by atoms with van der Waals surface area (Å²) in [4.78, 5) is 66.3. The lowest BCUT2D eigenvalue weighted by molar-refractivity contribution is -0.384. The Kier molecular flexibility index (Phi) is 8.03. The van der Waals surface area contributed by atoms with Crippen LogP contribution in [0.5, 0.6) is 5.75 Å². The number of anilines is 2. The first-order valence-corrected chi connectivity index (χ1v) is 10.8. The standard InChI is InChI=1S/C22H19F3N4O9/c1-2-18(30)28(38-21(34)37-14-9-7-13(8-10-14)29(35)36)17-11-26(20(32)33)15-5-3-4-6-16(15)27(19(17)31)12-22(23,24)25/h3-10,17H,2,11-12H2,1H3,(H,32,33)/t17-/m0/s1. The molecule has 3 rings (SSSR count). The predicted octanol–water partition coefficient (Wildman–Crippen LogP) is 3.73. The molecule has 1 N–H and O–H groups in total. The highest BCUT2D eigenvalue weighted by molar-refractivity contribution is 6.06. The van der Waals surface area contributed by atoms with Gasteiger partial charge in [-0.25, -0.2) is 9.59 Å². The number of nitro benzene ring substituents is 1. The number of amides is 3. The lowest BCUT2D eigenvalue weighted by atomic mass is 10.2. The van der Waals surface area contributed by atoms with E-state index >= 15 is 0 Å². The number of benzene rings is 2. The molecular formula is C22H19F3N4O9. The average molecular weight is 540 g/mol. The summed E-state index contributed by atoms with van der Waals surface area (Å²) in [5.41, 5.74) is -0.981. The molecule has 0 unspecified atom stereocenters. The van der Waals surface area contributed by atoms with Gasteiger partial charge < -0.3 is 14.7 Å². The third-order valence-corrected chi connectivity index (χ3v) is 5.19. The summed E-state index contributed by atoms with van der Waals surface area (Å²) in [7, 11) is 0. The van der Waals surface area contributed by atoms with E-state index in [1.807, 2.05) is 0 Å². The molecule has 0 radical (unpaired) electrons. The van der Waals surface area contributed by atoms with Crippen molar-refractivity contribution >= 4 is 41.1 Å². The van der Waals surface area contributed by atoms with Gasteiger partial charge in [-0.3, -0.25) is 29.5 Å². The summed E-state index contributed by atoms with van der Waals surface area (Å²) >= 11 is 0. The largest absolute Gasteiger partial charge is 0.539 e. The van der Waals surface area contributed by atoms with Crippen LogP contribution in [-0.2, 0) is 14.4 Å². The molecule has 38 heavy (non-hydrogen) atoms. The van der Waals surface area contributed by atoms with E-state index in [0.717, 1.165) is 30.3 Å². The Labute approximate surface area is 211 Å². The molecule has 3 amide bonds. The van der Waals surface area contributed by atoms with Gasteiger partial charge in [0.2, 0.25) is 0 Å². The number of rotatable bonds is 5. The highest BCUT2D eigenvalue weighted by Crippen LogP contribution is 2.36. The summed E-state index contributed by atoms with van der Waals surface area (Å²) in [6.45, 7) is -1.40. The number of nitro groups is 1. The molecule has 0 fully saturated rings. The number of hydrogen-bond acceptors (Lipinski definition) is 8. The number of nitrogens with zero attached hydrogens (tertiary/aromatic N) is 4. The molecule has 0 bridgehead atoms. The quantitative estimate of drug-likeness (QED) is 0.258. The first-order valence-electron chi connectivity index (χ1n) is 10.8. The van der Waals surface area contributed by atoms with E-state index in [1.54, 1.807) is 0 Å². The lowest BCUT2D eigenvalue weighted by Gasteiger charge is -2.31. The molecular weight excluding hydrogens is 521 g/mol. The number of ether oxygens (including phenoxy) is 1. The Hall–Kier alpha value is -4.89. The maximum atomic E-state index is 13.4. The topological polar surface area (TPSA) is 160 Å². The zero-order valence-corrected chi connectivity index (χ0v) is 19.5. The molecule has 0 saturated heterocycles. The second-order valence-electron chi connectivity index (χ2n) is 7.70. The maximum Gasteiger partial charge on any atom is 0.539 e. The van der Waals surface area contributed by atoms with Crippen LogP contribution in [0.25, 0.3) is 0 Å². The van der Waals surface area contributed by atoms with Gasteiger partial charge in [0, 0.05) is 18.6 Å². The second kappa shape index (κ2) is 11.0. The molecule has 202 valence electrons. The van der Waals surface area contributed by atoms with Gasteiger partial charge in [-0.15, -0.1) is 0 Å². The van der Waals surface area contributed by atoms with E-state index < -0.39 is 66.4 Å². The molecule has 0 aliphatic carbocycles. The summed E-state index contributed by atoms with van der Waals surface area (Å²) in [6, 6.07) is 6.98. The van der Waals surface area contributed by atoms with Gasteiger partial charge in [-0.2, -0.15) is 18.2 Å². The van der Waals surface area contributed by atoms with E-state index in [2.05, 4.69) is 0 Å². The van der Waals surface area contributed by atoms with Gasteiger partial charge in [-0.05, 0) is 24.3 Å². The molecule has 1 aliphatic rings. The smallest absolute Gasteiger partial charge is 0.465 e. The van der Waals surface area contributed by atoms with Crippen LogP contribution in [0.1, 0.15) is 13.3 Å². The molecule has 13 nitrogen and oxygen atoms in total. The van der Waals surface area contributed by atoms with Crippen molar-refractivity contribution in [3.8, 4) is 5.75 Å². The SMILES string of the molecule is CCC(=O)N(OC(=O)Oc1ccc([N+](=O)[O-])cc1)[C@H]1CN(C(=O)O)c2ccccc2N(CC(F)(F)F)C1=O. The number of para-hydroxylation sites is 2. The van der Waals surface area contributed by atoms with Crippen LogP contribution in [0, 0.1) is 10.1 Å². The highest BCUT2D eigenvalue weighted by atomic mass is 19.4. The molecule has 16 heteroatoms. The monoisotopic (exact) mass is 540 g/mol. The Morgan fingerprint density at radius 1 is 1.13 bits per heavy atom. The van der Waals surface area contributed by atoms with Crippen molar-refractivity contribution < 1.29 is 52.0 Å². The van der Waals surface area contributed by atoms with Gasteiger partial charge in [0.1, 0.15) is 12.3 Å². The number of carbonyl (C=O) groups excluding carboxylic acids is 3. The molecule has 1 aliphatic heterocycles. The van der Waals surface area contributed by atoms with Crippen LogP contribution in [-0.4, -0.2) is 64.5 Å². The van der Waals surface area contributed by atoms with E-state index in [4.69, 9.17) is 9.57 Å². The van der Waals surface area contributed by atoms with Crippen molar-refractivity contribution in [1.82, 2.24) is 5.06 Å². The zero-order valence-electron chi connectivity index (χ0n) is 19.5. The summed E-state index contributed by atoms with van der Waals surface area (Å²) in [6.07, 6.45) is -8.57. The number of halogens is 3. The number of hydroxylamine groups is 2. The highest BCUT2D eigenvalue weighted by Gasteiger charge is 2.45. The number of non-ortho nitro benzene ring substituents is 1. The predicted molar refractivity (Wildman–Crippen MR) is 121 cm³/mol. The van der Waals surface area contributed by atoms with Crippen LogP contribution in [0.4, 0.5) is 39.8 Å². The van der Waals surface area contributed by atoms with E-state index in [9.17, 15) is 47.6 Å². The number of hydrogen-bond donors (Lipinski definition) is 1. The number of carbonyl (C=O) groups is 4. The van der Waals surface area contributed by atoms with Crippen molar-refractivity contribution in [2.24, 2.45) is 0 Å². The number of carboxylic acid groups (broad SMARTS) is 1.